The van der Waals surface area contributed by atoms with Gasteiger partial charge in [0.25, 0.3) is 0 Å². The number of nitrogens with zero attached hydrogens (tertiary/aromatic N) is 1. The molecule has 0 fully saturated rings. The average Bonchev–Trinajstić information content (AvgIpc) is 2.77. The maximum atomic E-state index is 12.0. The average molecular weight is 266 g/mol. The summed E-state index contributed by atoms with van der Waals surface area (Å²) >= 11 is 0. The summed E-state index contributed by atoms with van der Waals surface area (Å²) in [5.74, 6) is 0.182. The van der Waals surface area contributed by atoms with Crippen LogP contribution in [0.2, 0.25) is 0 Å². The van der Waals surface area contributed by atoms with Crippen LogP contribution in [0.5, 0.6) is 5.75 Å². The van der Waals surface area contributed by atoms with Crippen molar-refractivity contribution in [2.24, 2.45) is 7.05 Å². The summed E-state index contributed by atoms with van der Waals surface area (Å²) in [6.07, 6.45) is 4.04. The van der Waals surface area contributed by atoms with Crippen LogP contribution in [0, 0.1) is 0 Å². The van der Waals surface area contributed by atoms with Gasteiger partial charge in [0.1, 0.15) is 5.75 Å². The van der Waals surface area contributed by atoms with Gasteiger partial charge in [0.15, 0.2) is 0 Å². The predicted octanol–water partition coefficient (Wildman–Crippen LogP) is 2.92. The van der Waals surface area contributed by atoms with Crippen molar-refractivity contribution < 1.29 is 13.5 Å². The minimum Gasteiger partial charge on any atom is -0.435 e. The summed E-state index contributed by atoms with van der Waals surface area (Å²) in [6.45, 7) is -1.32. The molecule has 0 saturated heterocycles. The Morgan fingerprint density at radius 3 is 2.37 bits per heavy atom. The highest BCUT2D eigenvalue weighted by Crippen LogP contribution is 2.14. The van der Waals surface area contributed by atoms with Gasteiger partial charge in [0, 0.05) is 32.5 Å². The number of hydrogen-bond acceptors (Lipinski definition) is 2. The van der Waals surface area contributed by atoms with Crippen LogP contribution in [-0.2, 0) is 20.1 Å². The lowest BCUT2D eigenvalue weighted by atomic mass is 10.2. The summed E-state index contributed by atoms with van der Waals surface area (Å²) in [6, 6.07) is 8.69. The first-order chi connectivity index (χ1) is 9.13. The molecule has 0 radical (unpaired) electrons. The van der Waals surface area contributed by atoms with Crippen LogP contribution in [0.3, 0.4) is 0 Å². The highest BCUT2D eigenvalue weighted by atomic mass is 19.3. The second-order valence-corrected chi connectivity index (χ2v) is 4.31. The molecular formula is C14H16F2N2O. The molecule has 1 N–H and O–H groups in total. The molecule has 102 valence electrons. The largest absolute Gasteiger partial charge is 0.435 e. The van der Waals surface area contributed by atoms with E-state index in [0.29, 0.717) is 6.54 Å². The number of rotatable bonds is 6. The van der Waals surface area contributed by atoms with E-state index in [1.807, 2.05) is 30.1 Å². The first-order valence-corrected chi connectivity index (χ1v) is 5.99. The standard InChI is InChI=1S/C14H16F2N2O/c1-18-7-6-12(10-18)9-17-8-11-2-4-13(5-3-11)19-14(15)16/h2-7,10,14,17H,8-9H2,1H3. The number of nitrogens with one attached hydrogen (secondary N) is 1. The van der Waals surface area contributed by atoms with Gasteiger partial charge in [-0.25, -0.2) is 0 Å². The normalized spacial score (nSPS) is 10.9. The zero-order valence-electron chi connectivity index (χ0n) is 10.6. The zero-order valence-corrected chi connectivity index (χ0v) is 10.6. The second-order valence-electron chi connectivity index (χ2n) is 4.31. The molecule has 0 spiro atoms. The molecule has 0 amide bonds. The van der Waals surface area contributed by atoms with Crippen molar-refractivity contribution in [3.63, 3.8) is 0 Å². The number of hydrogen-bond donors (Lipinski definition) is 1. The van der Waals surface area contributed by atoms with Gasteiger partial charge >= 0.3 is 6.61 Å². The fourth-order valence-electron chi connectivity index (χ4n) is 1.81. The number of ether oxygens (including phenoxy) is 1. The van der Waals surface area contributed by atoms with Gasteiger partial charge in [0.2, 0.25) is 0 Å². The Morgan fingerprint density at radius 1 is 1.11 bits per heavy atom. The highest BCUT2D eigenvalue weighted by molar-refractivity contribution is 5.27. The Bertz CT molecular complexity index is 508. The van der Waals surface area contributed by atoms with Crippen LogP contribution >= 0.6 is 0 Å². The van der Waals surface area contributed by atoms with Crippen molar-refractivity contribution in [2.45, 2.75) is 19.7 Å². The van der Waals surface area contributed by atoms with Crippen molar-refractivity contribution in [1.82, 2.24) is 9.88 Å². The van der Waals surface area contributed by atoms with Gasteiger partial charge in [-0.05, 0) is 29.3 Å². The lowest BCUT2D eigenvalue weighted by Gasteiger charge is -2.06. The third kappa shape index (κ3) is 4.37. The Kier molecular flexibility index (Phi) is 4.52. The lowest BCUT2D eigenvalue weighted by molar-refractivity contribution is -0.0498. The molecule has 2 aromatic rings. The molecule has 0 saturated carbocycles. The van der Waals surface area contributed by atoms with Crippen LogP contribution in [-0.4, -0.2) is 11.2 Å². The third-order valence-electron chi connectivity index (χ3n) is 2.70. The van der Waals surface area contributed by atoms with Crippen LogP contribution in [0.1, 0.15) is 11.1 Å². The minimum absolute atomic E-state index is 0.182. The van der Waals surface area contributed by atoms with Crippen molar-refractivity contribution in [3.05, 3.63) is 53.9 Å². The maximum Gasteiger partial charge on any atom is 0.387 e. The van der Waals surface area contributed by atoms with E-state index in [1.165, 1.54) is 5.56 Å². The molecule has 0 aliphatic carbocycles. The van der Waals surface area contributed by atoms with E-state index in [-0.39, 0.29) is 5.75 Å². The molecule has 1 aromatic heterocycles. The minimum atomic E-state index is -2.78. The van der Waals surface area contributed by atoms with E-state index in [4.69, 9.17) is 0 Å². The second kappa shape index (κ2) is 6.33. The molecule has 3 nitrogen and oxygen atoms in total. The molecule has 2 rings (SSSR count). The van der Waals surface area contributed by atoms with Gasteiger partial charge in [-0.1, -0.05) is 12.1 Å². The third-order valence-corrected chi connectivity index (χ3v) is 2.70. The Hall–Kier alpha value is -1.88. The van der Waals surface area contributed by atoms with E-state index < -0.39 is 6.61 Å². The van der Waals surface area contributed by atoms with Crippen molar-refractivity contribution in [3.8, 4) is 5.75 Å². The molecule has 1 heterocycles. The number of benzene rings is 1. The first kappa shape index (κ1) is 13.5. The summed E-state index contributed by atoms with van der Waals surface area (Å²) in [4.78, 5) is 0. The van der Waals surface area contributed by atoms with Crippen molar-refractivity contribution >= 4 is 0 Å². The lowest BCUT2D eigenvalue weighted by Crippen LogP contribution is -2.12. The summed E-state index contributed by atoms with van der Waals surface area (Å²) in [5.41, 5.74) is 2.23. The fourth-order valence-corrected chi connectivity index (χ4v) is 1.81. The Balaban J connectivity index is 1.79. The van der Waals surface area contributed by atoms with E-state index in [1.54, 1.807) is 24.3 Å². The van der Waals surface area contributed by atoms with Gasteiger partial charge < -0.3 is 14.6 Å². The van der Waals surface area contributed by atoms with Crippen LogP contribution in [0.25, 0.3) is 0 Å². The van der Waals surface area contributed by atoms with Crippen molar-refractivity contribution in [1.29, 1.82) is 0 Å². The monoisotopic (exact) mass is 266 g/mol. The Morgan fingerprint density at radius 2 is 1.79 bits per heavy atom. The van der Waals surface area contributed by atoms with Gasteiger partial charge in [-0.15, -0.1) is 0 Å². The quantitative estimate of drug-likeness (QED) is 0.870. The smallest absolute Gasteiger partial charge is 0.387 e. The highest BCUT2D eigenvalue weighted by Gasteiger charge is 2.03. The number of alkyl halides is 2. The molecule has 0 aliphatic heterocycles. The topological polar surface area (TPSA) is 26.2 Å². The van der Waals surface area contributed by atoms with Crippen molar-refractivity contribution in [2.75, 3.05) is 0 Å². The number of aryl methyl sites for hydroxylation is 1. The molecule has 0 atom stereocenters. The molecule has 0 unspecified atom stereocenters. The SMILES string of the molecule is Cn1ccc(CNCc2ccc(OC(F)F)cc2)c1. The van der Waals surface area contributed by atoms with Gasteiger partial charge in [-0.2, -0.15) is 8.78 Å². The maximum absolute atomic E-state index is 12.0. The summed E-state index contributed by atoms with van der Waals surface area (Å²) in [7, 11) is 1.98. The van der Waals surface area contributed by atoms with E-state index >= 15 is 0 Å². The molecule has 1 aromatic carbocycles. The van der Waals surface area contributed by atoms with E-state index in [0.717, 1.165) is 12.1 Å². The predicted molar refractivity (Wildman–Crippen MR) is 69.0 cm³/mol. The van der Waals surface area contributed by atoms with E-state index in [9.17, 15) is 8.78 Å². The summed E-state index contributed by atoms with van der Waals surface area (Å²) < 4.78 is 30.2. The molecular weight excluding hydrogens is 250 g/mol. The first-order valence-electron chi connectivity index (χ1n) is 5.99. The summed E-state index contributed by atoms with van der Waals surface area (Å²) in [5, 5.41) is 3.29. The van der Waals surface area contributed by atoms with Gasteiger partial charge in [-0.3, -0.25) is 0 Å². The molecule has 0 bridgehead atoms. The Labute approximate surface area is 110 Å². The molecule has 19 heavy (non-hydrogen) atoms. The van der Waals surface area contributed by atoms with Crippen LogP contribution in [0.4, 0.5) is 8.78 Å². The van der Waals surface area contributed by atoms with E-state index in [2.05, 4.69) is 10.1 Å². The number of aromatic nitrogens is 1. The van der Waals surface area contributed by atoms with Gasteiger partial charge in [0.05, 0.1) is 0 Å². The van der Waals surface area contributed by atoms with Crippen LogP contribution < -0.4 is 10.1 Å². The zero-order chi connectivity index (χ0) is 13.7. The molecule has 0 aliphatic rings. The fraction of sp³-hybridized carbons (Fsp3) is 0.286. The van der Waals surface area contributed by atoms with Crippen LogP contribution in [0.15, 0.2) is 42.7 Å². The molecule has 5 heteroatoms. The number of halogens is 2.